The Labute approximate surface area is 82.9 Å². The minimum atomic E-state index is -1.01. The van der Waals surface area contributed by atoms with Crippen molar-refractivity contribution in [1.82, 2.24) is 6.15 Å². The van der Waals surface area contributed by atoms with Gasteiger partial charge in [0, 0.05) is 3.57 Å². The fraction of sp³-hybridized carbons (Fsp3) is 0. The molecule has 0 aliphatic heterocycles. The molecule has 0 spiro atoms. The molecule has 0 atom stereocenters. The first-order chi connectivity index (χ1) is 5.11. The van der Waals surface area contributed by atoms with Crippen LogP contribution in [0, 0.1) is 3.57 Å². The second-order valence-electron chi connectivity index (χ2n) is 1.95. The monoisotopic (exact) mass is 281 g/mol. The molecule has 5 N–H and O–H groups in total. The van der Waals surface area contributed by atoms with Crippen molar-refractivity contribution in [1.29, 1.82) is 0 Å². The van der Waals surface area contributed by atoms with Crippen LogP contribution in [0.5, 0.6) is 5.75 Å². The fourth-order valence-electron chi connectivity index (χ4n) is 0.669. The topological polar surface area (TPSA) is 96.9 Å². The SMILES string of the molecule is O=C(O)c1ccc([O-])cc1I.[NH4+]. The van der Waals surface area contributed by atoms with Crippen molar-refractivity contribution >= 4 is 28.6 Å². The number of carboxylic acids is 1. The molecular weight excluding hydrogens is 273 g/mol. The van der Waals surface area contributed by atoms with Gasteiger partial charge in [0.25, 0.3) is 0 Å². The van der Waals surface area contributed by atoms with Crippen molar-refractivity contribution in [3.63, 3.8) is 0 Å². The minimum absolute atomic E-state index is 0. The maximum absolute atomic E-state index is 10.7. The highest BCUT2D eigenvalue weighted by molar-refractivity contribution is 14.1. The summed E-state index contributed by atoms with van der Waals surface area (Å²) in [6.45, 7) is 0. The second-order valence-corrected chi connectivity index (χ2v) is 3.11. The summed E-state index contributed by atoms with van der Waals surface area (Å²) >= 11 is 1.82. The van der Waals surface area contributed by atoms with Crippen molar-refractivity contribution in [2.45, 2.75) is 0 Å². The number of carboxylic acid groups (broad SMARTS) is 1. The van der Waals surface area contributed by atoms with Crippen LogP contribution in [-0.4, -0.2) is 11.1 Å². The lowest BCUT2D eigenvalue weighted by atomic mass is 10.2. The van der Waals surface area contributed by atoms with Crippen LogP contribution in [0.2, 0.25) is 0 Å². The van der Waals surface area contributed by atoms with Gasteiger partial charge in [-0.2, -0.15) is 0 Å². The van der Waals surface area contributed by atoms with Crippen LogP contribution in [0.15, 0.2) is 18.2 Å². The van der Waals surface area contributed by atoms with E-state index in [1.54, 1.807) is 0 Å². The summed E-state index contributed by atoms with van der Waals surface area (Å²) in [4.78, 5) is 10.4. The Hall–Kier alpha value is -0.820. The summed E-state index contributed by atoms with van der Waals surface area (Å²) in [7, 11) is 0. The normalized spacial score (nSPS) is 8.75. The van der Waals surface area contributed by atoms with E-state index in [4.69, 9.17) is 5.11 Å². The highest BCUT2D eigenvalue weighted by atomic mass is 127. The molecule has 1 rings (SSSR count). The zero-order chi connectivity index (χ0) is 8.43. The lowest BCUT2D eigenvalue weighted by Crippen LogP contribution is -2.00. The molecule has 1 aromatic carbocycles. The summed E-state index contributed by atoms with van der Waals surface area (Å²) in [5.41, 5.74) is 0.171. The largest absolute Gasteiger partial charge is 0.872 e. The molecule has 0 heterocycles. The van der Waals surface area contributed by atoms with E-state index in [1.165, 1.54) is 18.2 Å². The molecule has 0 aliphatic carbocycles. The standard InChI is InChI=1S/C7H5IO3.H3N/c8-6-3-4(9)1-2-5(6)7(10)11;/h1-3,9H,(H,10,11);1H3. The lowest BCUT2D eigenvalue weighted by Gasteiger charge is -2.05. The number of hydrogen-bond acceptors (Lipinski definition) is 2. The molecule has 4 nitrogen and oxygen atoms in total. The van der Waals surface area contributed by atoms with Crippen molar-refractivity contribution < 1.29 is 15.0 Å². The quantitative estimate of drug-likeness (QED) is 0.762. The number of rotatable bonds is 1. The Morgan fingerprint density at radius 1 is 1.50 bits per heavy atom. The smallest absolute Gasteiger partial charge is 0.336 e. The highest BCUT2D eigenvalue weighted by Gasteiger charge is 2.05. The van der Waals surface area contributed by atoms with Crippen LogP contribution >= 0.6 is 22.6 Å². The summed E-state index contributed by atoms with van der Waals surface area (Å²) in [6, 6.07) is 3.85. The van der Waals surface area contributed by atoms with Crippen LogP contribution in [0.1, 0.15) is 10.4 Å². The van der Waals surface area contributed by atoms with Crippen LogP contribution in [0.4, 0.5) is 0 Å². The average Bonchev–Trinajstić information content (AvgIpc) is 1.85. The molecular formula is C7H8INO3. The highest BCUT2D eigenvalue weighted by Crippen LogP contribution is 2.16. The first-order valence-electron chi connectivity index (χ1n) is 2.81. The van der Waals surface area contributed by atoms with E-state index in [0.717, 1.165) is 0 Å². The molecule has 0 aromatic heterocycles. The van der Waals surface area contributed by atoms with E-state index in [-0.39, 0.29) is 17.5 Å². The number of hydrogen-bond donors (Lipinski definition) is 2. The number of aromatic carboxylic acids is 1. The number of benzene rings is 1. The van der Waals surface area contributed by atoms with Gasteiger partial charge in [0.1, 0.15) is 0 Å². The Morgan fingerprint density at radius 3 is 2.50 bits per heavy atom. The molecule has 0 aliphatic rings. The molecule has 0 bridgehead atoms. The maximum atomic E-state index is 10.7. The first kappa shape index (κ1) is 11.2. The molecule has 5 heteroatoms. The average molecular weight is 281 g/mol. The third-order valence-corrected chi connectivity index (χ3v) is 2.06. The molecule has 1 aromatic rings. The Kier molecular flexibility index (Phi) is 3.98. The zero-order valence-corrected chi connectivity index (χ0v) is 8.53. The lowest BCUT2D eigenvalue weighted by molar-refractivity contribution is -0.268. The van der Waals surface area contributed by atoms with E-state index in [9.17, 15) is 9.90 Å². The van der Waals surface area contributed by atoms with Gasteiger partial charge in [-0.25, -0.2) is 4.79 Å². The Balaban J connectivity index is 0.00000121. The summed E-state index contributed by atoms with van der Waals surface area (Å²) in [5, 5.41) is 19.2. The molecule has 0 saturated heterocycles. The van der Waals surface area contributed by atoms with Gasteiger partial charge in [-0.05, 0) is 28.7 Å². The Morgan fingerprint density at radius 2 is 2.08 bits per heavy atom. The maximum Gasteiger partial charge on any atom is 0.336 e. The van der Waals surface area contributed by atoms with Crippen LogP contribution < -0.4 is 11.3 Å². The van der Waals surface area contributed by atoms with Gasteiger partial charge in [0.05, 0.1) is 5.56 Å². The molecule has 66 valence electrons. The van der Waals surface area contributed by atoms with Crippen molar-refractivity contribution in [3.8, 4) is 5.75 Å². The number of carbonyl (C=O) groups is 1. The molecule has 0 radical (unpaired) electrons. The van der Waals surface area contributed by atoms with E-state index in [0.29, 0.717) is 3.57 Å². The van der Waals surface area contributed by atoms with E-state index in [1.807, 2.05) is 22.6 Å². The van der Waals surface area contributed by atoms with E-state index >= 15 is 0 Å². The van der Waals surface area contributed by atoms with Gasteiger partial charge in [-0.1, -0.05) is 12.1 Å². The molecule has 0 amide bonds. The third kappa shape index (κ3) is 2.35. The molecule has 0 unspecified atom stereocenters. The van der Waals surface area contributed by atoms with Crippen molar-refractivity contribution in [3.05, 3.63) is 27.3 Å². The van der Waals surface area contributed by atoms with Crippen molar-refractivity contribution in [2.24, 2.45) is 0 Å². The zero-order valence-electron chi connectivity index (χ0n) is 6.37. The number of quaternary nitrogens is 1. The first-order valence-corrected chi connectivity index (χ1v) is 3.89. The van der Waals surface area contributed by atoms with Crippen molar-refractivity contribution in [2.75, 3.05) is 0 Å². The van der Waals surface area contributed by atoms with Crippen LogP contribution in [0.25, 0.3) is 0 Å². The van der Waals surface area contributed by atoms with Gasteiger partial charge in [-0.15, -0.1) is 5.75 Å². The fourth-order valence-corrected chi connectivity index (χ4v) is 1.39. The Bertz CT molecular complexity index is 301. The van der Waals surface area contributed by atoms with Gasteiger partial charge in [-0.3, -0.25) is 0 Å². The van der Waals surface area contributed by atoms with Crippen LogP contribution in [-0.2, 0) is 0 Å². The van der Waals surface area contributed by atoms with E-state index in [2.05, 4.69) is 0 Å². The van der Waals surface area contributed by atoms with E-state index < -0.39 is 5.97 Å². The summed E-state index contributed by atoms with van der Waals surface area (Å²) in [5.74, 6) is -1.17. The van der Waals surface area contributed by atoms with Gasteiger partial charge in [0.2, 0.25) is 0 Å². The third-order valence-electron chi connectivity index (χ3n) is 1.17. The summed E-state index contributed by atoms with van der Waals surface area (Å²) < 4.78 is 0.475. The molecule has 12 heavy (non-hydrogen) atoms. The summed E-state index contributed by atoms with van der Waals surface area (Å²) in [6.07, 6.45) is 0. The predicted molar refractivity (Wildman–Crippen MR) is 51.5 cm³/mol. The van der Waals surface area contributed by atoms with Crippen LogP contribution in [0.3, 0.4) is 0 Å². The second kappa shape index (κ2) is 4.27. The predicted octanol–water partition coefficient (Wildman–Crippen LogP) is 1.44. The van der Waals surface area contributed by atoms with Gasteiger partial charge in [0.15, 0.2) is 0 Å². The molecule has 0 saturated carbocycles. The minimum Gasteiger partial charge on any atom is -0.872 e. The number of halogens is 1. The van der Waals surface area contributed by atoms with Gasteiger partial charge < -0.3 is 16.4 Å². The van der Waals surface area contributed by atoms with Gasteiger partial charge >= 0.3 is 5.97 Å². The molecule has 0 fully saturated rings.